The fraction of sp³-hybridized carbons (Fsp3) is 0.375. The Morgan fingerprint density at radius 3 is 2.47 bits per heavy atom. The van der Waals surface area contributed by atoms with Crippen LogP contribution in [0.5, 0.6) is 5.75 Å². The molecule has 2 rings (SSSR count). The second kappa shape index (κ2) is 5.59. The summed E-state index contributed by atoms with van der Waals surface area (Å²) in [6.07, 6.45) is 0. The van der Waals surface area contributed by atoms with Crippen molar-refractivity contribution in [2.24, 2.45) is 0 Å². The first-order valence-corrected chi connectivity index (χ1v) is 6.57. The minimum atomic E-state index is -0.400. The number of benzene rings is 2. The maximum Gasteiger partial charge on any atom is 0.119 e. The van der Waals surface area contributed by atoms with E-state index in [0.717, 1.165) is 28.6 Å². The minimum Gasteiger partial charge on any atom is -0.497 e. The molecule has 0 aliphatic rings. The Bertz CT molecular complexity index is 568. The summed E-state index contributed by atoms with van der Waals surface area (Å²) < 4.78 is 5.23. The highest BCUT2D eigenvalue weighted by Gasteiger charge is 2.24. The molecule has 0 saturated carbocycles. The van der Waals surface area contributed by atoms with Crippen LogP contribution in [0.1, 0.15) is 19.4 Å². The monoisotopic (exact) mass is 259 g/mol. The molecule has 0 bridgehead atoms. The van der Waals surface area contributed by atoms with Crippen molar-refractivity contribution >= 4 is 10.8 Å². The van der Waals surface area contributed by atoms with Crippen LogP contribution in [0, 0.1) is 0 Å². The lowest BCUT2D eigenvalue weighted by molar-refractivity contribution is 0.177. The van der Waals surface area contributed by atoms with E-state index < -0.39 is 5.54 Å². The summed E-state index contributed by atoms with van der Waals surface area (Å²) in [7, 11) is 1.67. The molecule has 3 heteroatoms. The first kappa shape index (κ1) is 13.8. The molecule has 2 aromatic rings. The Balaban J connectivity index is 2.46. The standard InChI is InChI=1S/C16H21NO2/c1-4-17-16(2,11-18)14-7-5-13-10-15(19-3)8-6-12(13)9-14/h5-10,17-18H,4,11H2,1-3H3. The maximum atomic E-state index is 9.64. The summed E-state index contributed by atoms with van der Waals surface area (Å²) in [5, 5.41) is 15.3. The molecule has 1 atom stereocenters. The van der Waals surface area contributed by atoms with Gasteiger partial charge in [0.25, 0.3) is 0 Å². The second-order valence-corrected chi connectivity index (χ2v) is 4.95. The van der Waals surface area contributed by atoms with Crippen molar-refractivity contribution in [3.8, 4) is 5.75 Å². The number of hydrogen-bond donors (Lipinski definition) is 2. The summed E-state index contributed by atoms with van der Waals surface area (Å²) in [6, 6.07) is 12.3. The second-order valence-electron chi connectivity index (χ2n) is 4.95. The summed E-state index contributed by atoms with van der Waals surface area (Å²) in [4.78, 5) is 0. The molecule has 0 spiro atoms. The molecule has 0 heterocycles. The molecule has 0 aliphatic carbocycles. The van der Waals surface area contributed by atoms with Gasteiger partial charge in [-0.05, 0) is 48.0 Å². The third-order valence-electron chi connectivity index (χ3n) is 3.57. The van der Waals surface area contributed by atoms with Crippen LogP contribution < -0.4 is 10.1 Å². The highest BCUT2D eigenvalue weighted by molar-refractivity contribution is 5.84. The van der Waals surface area contributed by atoms with Gasteiger partial charge in [0, 0.05) is 0 Å². The van der Waals surface area contributed by atoms with Gasteiger partial charge in [0.1, 0.15) is 5.75 Å². The molecule has 0 amide bonds. The normalized spacial score (nSPS) is 14.3. The van der Waals surface area contributed by atoms with E-state index in [1.165, 1.54) is 0 Å². The van der Waals surface area contributed by atoms with Crippen LogP contribution in [0.3, 0.4) is 0 Å². The highest BCUT2D eigenvalue weighted by Crippen LogP contribution is 2.27. The number of aliphatic hydroxyl groups excluding tert-OH is 1. The zero-order valence-electron chi connectivity index (χ0n) is 11.7. The number of nitrogens with one attached hydrogen (secondary N) is 1. The molecular weight excluding hydrogens is 238 g/mol. The Kier molecular flexibility index (Phi) is 4.08. The number of likely N-dealkylation sites (N-methyl/N-ethyl adjacent to an activating group) is 1. The van der Waals surface area contributed by atoms with Crippen molar-refractivity contribution in [1.82, 2.24) is 5.32 Å². The Morgan fingerprint density at radius 2 is 1.84 bits per heavy atom. The summed E-state index contributed by atoms with van der Waals surface area (Å²) in [5.74, 6) is 0.858. The molecule has 3 nitrogen and oxygen atoms in total. The van der Waals surface area contributed by atoms with Crippen molar-refractivity contribution in [2.75, 3.05) is 20.3 Å². The van der Waals surface area contributed by atoms with Gasteiger partial charge in [0.05, 0.1) is 19.3 Å². The van der Waals surface area contributed by atoms with Gasteiger partial charge in [-0.1, -0.05) is 25.1 Å². The minimum absolute atomic E-state index is 0.0719. The zero-order chi connectivity index (χ0) is 13.9. The van der Waals surface area contributed by atoms with Gasteiger partial charge in [0.15, 0.2) is 0 Å². The Labute approximate surface area is 114 Å². The number of rotatable bonds is 5. The molecule has 2 N–H and O–H groups in total. The number of hydrogen-bond acceptors (Lipinski definition) is 3. The maximum absolute atomic E-state index is 9.64. The van der Waals surface area contributed by atoms with Crippen LogP contribution in [0.25, 0.3) is 10.8 Å². The van der Waals surface area contributed by atoms with E-state index in [1.807, 2.05) is 32.0 Å². The molecule has 0 fully saturated rings. The molecule has 0 aliphatic heterocycles. The van der Waals surface area contributed by atoms with E-state index in [-0.39, 0.29) is 6.61 Å². The fourth-order valence-electron chi connectivity index (χ4n) is 2.33. The topological polar surface area (TPSA) is 41.5 Å². The Morgan fingerprint density at radius 1 is 1.16 bits per heavy atom. The summed E-state index contributed by atoms with van der Waals surface area (Å²) in [6.45, 7) is 4.95. The smallest absolute Gasteiger partial charge is 0.119 e. The van der Waals surface area contributed by atoms with Gasteiger partial charge < -0.3 is 15.2 Å². The fourth-order valence-corrected chi connectivity index (χ4v) is 2.33. The van der Waals surface area contributed by atoms with E-state index in [4.69, 9.17) is 4.74 Å². The molecule has 0 aromatic heterocycles. The lowest BCUT2D eigenvalue weighted by Crippen LogP contribution is -2.42. The van der Waals surface area contributed by atoms with E-state index in [0.29, 0.717) is 0 Å². The predicted molar refractivity (Wildman–Crippen MR) is 78.6 cm³/mol. The van der Waals surface area contributed by atoms with Crippen LogP contribution in [-0.4, -0.2) is 25.4 Å². The first-order valence-electron chi connectivity index (χ1n) is 6.57. The molecule has 19 heavy (non-hydrogen) atoms. The Hall–Kier alpha value is -1.58. The van der Waals surface area contributed by atoms with Gasteiger partial charge in [0.2, 0.25) is 0 Å². The molecule has 0 saturated heterocycles. The number of ether oxygens (including phenoxy) is 1. The third-order valence-corrected chi connectivity index (χ3v) is 3.57. The quantitative estimate of drug-likeness (QED) is 0.867. The largest absolute Gasteiger partial charge is 0.497 e. The van der Waals surface area contributed by atoms with Crippen molar-refractivity contribution < 1.29 is 9.84 Å². The average Bonchev–Trinajstić information content (AvgIpc) is 2.46. The highest BCUT2D eigenvalue weighted by atomic mass is 16.5. The SMILES string of the molecule is CCNC(C)(CO)c1ccc2cc(OC)ccc2c1. The van der Waals surface area contributed by atoms with Crippen molar-refractivity contribution in [3.05, 3.63) is 42.0 Å². The van der Waals surface area contributed by atoms with Gasteiger partial charge in [-0.3, -0.25) is 0 Å². The number of fused-ring (bicyclic) bond motifs is 1. The van der Waals surface area contributed by atoms with Crippen molar-refractivity contribution in [3.63, 3.8) is 0 Å². The van der Waals surface area contributed by atoms with Gasteiger partial charge in [-0.25, -0.2) is 0 Å². The lowest BCUT2D eigenvalue weighted by Gasteiger charge is -2.29. The number of aliphatic hydroxyl groups is 1. The van der Waals surface area contributed by atoms with E-state index in [1.54, 1.807) is 7.11 Å². The van der Waals surface area contributed by atoms with Crippen LogP contribution >= 0.6 is 0 Å². The van der Waals surface area contributed by atoms with Crippen molar-refractivity contribution in [2.45, 2.75) is 19.4 Å². The summed E-state index contributed by atoms with van der Waals surface area (Å²) >= 11 is 0. The van der Waals surface area contributed by atoms with Gasteiger partial charge in [-0.2, -0.15) is 0 Å². The summed E-state index contributed by atoms with van der Waals surface area (Å²) in [5.41, 5.74) is 0.692. The molecule has 102 valence electrons. The van der Waals surface area contributed by atoms with Gasteiger partial charge >= 0.3 is 0 Å². The van der Waals surface area contributed by atoms with Crippen molar-refractivity contribution in [1.29, 1.82) is 0 Å². The van der Waals surface area contributed by atoms with E-state index >= 15 is 0 Å². The van der Waals surface area contributed by atoms with E-state index in [2.05, 4.69) is 23.5 Å². The van der Waals surface area contributed by atoms with Crippen LogP contribution in [-0.2, 0) is 5.54 Å². The van der Waals surface area contributed by atoms with Crippen LogP contribution in [0.15, 0.2) is 36.4 Å². The first-order chi connectivity index (χ1) is 9.12. The molecule has 2 aromatic carbocycles. The lowest BCUT2D eigenvalue weighted by atomic mass is 9.91. The molecule has 0 radical (unpaired) electrons. The molecule has 1 unspecified atom stereocenters. The number of methoxy groups -OCH3 is 1. The van der Waals surface area contributed by atoms with Crippen LogP contribution in [0.2, 0.25) is 0 Å². The third kappa shape index (κ3) is 2.72. The van der Waals surface area contributed by atoms with Gasteiger partial charge in [-0.15, -0.1) is 0 Å². The average molecular weight is 259 g/mol. The predicted octanol–water partition coefficient (Wildman–Crippen LogP) is 2.67. The van der Waals surface area contributed by atoms with E-state index in [9.17, 15) is 5.11 Å². The molecular formula is C16H21NO2. The zero-order valence-corrected chi connectivity index (χ0v) is 11.7. The van der Waals surface area contributed by atoms with Crippen LogP contribution in [0.4, 0.5) is 0 Å².